The molecule has 136 valence electrons. The van der Waals surface area contributed by atoms with Gasteiger partial charge in [0, 0.05) is 30.7 Å². The van der Waals surface area contributed by atoms with Gasteiger partial charge in [-0.3, -0.25) is 14.3 Å². The van der Waals surface area contributed by atoms with Gasteiger partial charge >= 0.3 is 5.97 Å². The number of carbonyl (C=O) groups excluding carboxylic acids is 3. The maximum Gasteiger partial charge on any atom is 0.365 e. The molecule has 0 unspecified atom stereocenters. The van der Waals surface area contributed by atoms with Crippen LogP contribution in [0.3, 0.4) is 0 Å². The second-order valence-corrected chi connectivity index (χ2v) is 6.30. The third kappa shape index (κ3) is 2.53. The van der Waals surface area contributed by atoms with Crippen molar-refractivity contribution in [1.82, 2.24) is 19.4 Å². The molecule has 1 aliphatic rings. The van der Waals surface area contributed by atoms with E-state index >= 15 is 0 Å². The van der Waals surface area contributed by atoms with Gasteiger partial charge in [-0.25, -0.2) is 4.79 Å². The van der Waals surface area contributed by atoms with Crippen LogP contribution in [0, 0.1) is 13.8 Å². The molecule has 1 aliphatic heterocycles. The molecule has 27 heavy (non-hydrogen) atoms. The van der Waals surface area contributed by atoms with Crippen molar-refractivity contribution in [2.75, 3.05) is 0 Å². The fourth-order valence-corrected chi connectivity index (χ4v) is 3.23. The minimum absolute atomic E-state index is 0.217. The van der Waals surface area contributed by atoms with E-state index in [2.05, 4.69) is 5.10 Å². The number of carbonyl (C=O) groups is 3. The molecule has 2 amide bonds. The molecular formula is C19H16N4O4. The molecule has 0 fully saturated rings. The van der Waals surface area contributed by atoms with Crippen molar-refractivity contribution in [2.45, 2.75) is 13.8 Å². The maximum atomic E-state index is 12.7. The predicted molar refractivity (Wildman–Crippen MR) is 94.4 cm³/mol. The summed E-state index contributed by atoms with van der Waals surface area (Å²) in [6.45, 7) is 3.58. The number of aromatic nitrogens is 3. The quantitative estimate of drug-likeness (QED) is 0.665. The van der Waals surface area contributed by atoms with Crippen molar-refractivity contribution in [1.29, 1.82) is 0 Å². The highest BCUT2D eigenvalue weighted by Gasteiger charge is 2.39. The lowest BCUT2D eigenvalue weighted by atomic mass is 10.1. The van der Waals surface area contributed by atoms with Gasteiger partial charge in [-0.1, -0.05) is 17.2 Å². The van der Waals surface area contributed by atoms with Crippen LogP contribution in [0.15, 0.2) is 42.6 Å². The number of amides is 2. The van der Waals surface area contributed by atoms with Crippen molar-refractivity contribution >= 4 is 17.8 Å². The Morgan fingerprint density at radius 1 is 1.04 bits per heavy atom. The molecule has 0 spiro atoms. The highest BCUT2D eigenvalue weighted by Crippen LogP contribution is 2.25. The average molecular weight is 364 g/mol. The number of imide groups is 1. The molecule has 8 heteroatoms. The molecule has 0 atom stereocenters. The smallest absolute Gasteiger partial charge is 0.324 e. The van der Waals surface area contributed by atoms with Crippen molar-refractivity contribution in [3.8, 4) is 5.82 Å². The van der Waals surface area contributed by atoms with Crippen LogP contribution >= 0.6 is 0 Å². The number of rotatable bonds is 3. The van der Waals surface area contributed by atoms with Crippen LogP contribution in [0.2, 0.25) is 0 Å². The normalized spacial score (nSPS) is 13.2. The molecule has 0 saturated heterocycles. The molecule has 0 radical (unpaired) electrons. The highest BCUT2D eigenvalue weighted by molar-refractivity contribution is 6.21. The summed E-state index contributed by atoms with van der Waals surface area (Å²) in [6.07, 6.45) is 1.80. The van der Waals surface area contributed by atoms with Crippen LogP contribution in [0.5, 0.6) is 0 Å². The predicted octanol–water partition coefficient (Wildman–Crippen LogP) is 2.20. The van der Waals surface area contributed by atoms with Crippen molar-refractivity contribution in [2.24, 2.45) is 7.05 Å². The lowest BCUT2D eigenvalue weighted by Crippen LogP contribution is -2.32. The van der Waals surface area contributed by atoms with E-state index < -0.39 is 17.8 Å². The molecule has 2 aromatic heterocycles. The number of fused-ring (bicyclic) bond motifs is 1. The Balaban J connectivity index is 1.64. The summed E-state index contributed by atoms with van der Waals surface area (Å²) in [5.74, 6) is -1.42. The minimum atomic E-state index is -0.778. The van der Waals surface area contributed by atoms with Gasteiger partial charge < -0.3 is 9.40 Å². The first-order valence-electron chi connectivity index (χ1n) is 8.27. The molecule has 0 N–H and O–H groups in total. The Morgan fingerprint density at radius 2 is 1.67 bits per heavy atom. The molecule has 8 nitrogen and oxygen atoms in total. The van der Waals surface area contributed by atoms with E-state index in [0.717, 1.165) is 5.69 Å². The van der Waals surface area contributed by atoms with Gasteiger partial charge in [-0.2, -0.15) is 5.10 Å². The lowest BCUT2D eigenvalue weighted by Gasteiger charge is -2.12. The fourth-order valence-electron chi connectivity index (χ4n) is 3.23. The third-order valence-corrected chi connectivity index (χ3v) is 4.51. The Morgan fingerprint density at radius 3 is 2.22 bits per heavy atom. The molecule has 3 aromatic rings. The Kier molecular flexibility index (Phi) is 3.69. The first-order chi connectivity index (χ1) is 12.9. The second-order valence-electron chi connectivity index (χ2n) is 6.30. The third-order valence-electron chi connectivity index (χ3n) is 4.51. The SMILES string of the molecule is Cc1cc(C(=O)ON2C(=O)c3ccccc3C2=O)c(C)n1-c1ccn(C)n1. The number of benzene rings is 1. The van der Waals surface area contributed by atoms with Gasteiger partial charge in [0.25, 0.3) is 11.8 Å². The van der Waals surface area contributed by atoms with E-state index in [4.69, 9.17) is 4.84 Å². The molecule has 3 heterocycles. The van der Waals surface area contributed by atoms with E-state index in [0.29, 0.717) is 16.6 Å². The number of hydrogen-bond acceptors (Lipinski definition) is 5. The second kappa shape index (κ2) is 5.94. The first-order valence-corrected chi connectivity index (χ1v) is 8.27. The number of aryl methyl sites for hydroxylation is 2. The minimum Gasteiger partial charge on any atom is -0.324 e. The summed E-state index contributed by atoms with van der Waals surface area (Å²) >= 11 is 0. The van der Waals surface area contributed by atoms with Gasteiger partial charge in [0.15, 0.2) is 5.82 Å². The monoisotopic (exact) mass is 364 g/mol. The highest BCUT2D eigenvalue weighted by atomic mass is 16.7. The van der Waals surface area contributed by atoms with Crippen molar-refractivity contribution in [3.05, 3.63) is 70.7 Å². The van der Waals surface area contributed by atoms with Gasteiger partial charge in [0.1, 0.15) is 0 Å². The average Bonchev–Trinajstić information content (AvgIpc) is 3.26. The molecule has 0 bridgehead atoms. The van der Waals surface area contributed by atoms with Gasteiger partial charge in [0.05, 0.1) is 16.7 Å². The van der Waals surface area contributed by atoms with Crippen LogP contribution in [0.4, 0.5) is 0 Å². The standard InChI is InChI=1S/C19H16N4O4/c1-11-10-15(12(2)22(11)16-8-9-21(3)20-16)19(26)27-23-17(24)13-6-4-5-7-14(13)18(23)25/h4-10H,1-3H3. The summed E-state index contributed by atoms with van der Waals surface area (Å²) in [7, 11) is 1.80. The van der Waals surface area contributed by atoms with Crippen LogP contribution in [-0.4, -0.2) is 37.2 Å². The van der Waals surface area contributed by atoms with Gasteiger partial charge in [-0.15, -0.1) is 0 Å². The van der Waals surface area contributed by atoms with Crippen molar-refractivity contribution in [3.63, 3.8) is 0 Å². The molecule has 4 rings (SSSR count). The fraction of sp³-hybridized carbons (Fsp3) is 0.158. The molecule has 0 aliphatic carbocycles. The summed E-state index contributed by atoms with van der Waals surface area (Å²) < 4.78 is 3.46. The zero-order valence-electron chi connectivity index (χ0n) is 15.0. The first kappa shape index (κ1) is 16.8. The van der Waals surface area contributed by atoms with E-state index in [1.165, 1.54) is 12.1 Å². The lowest BCUT2D eigenvalue weighted by molar-refractivity contribution is -0.0585. The molecule has 0 saturated carbocycles. The van der Waals surface area contributed by atoms with E-state index in [1.807, 2.05) is 13.0 Å². The summed E-state index contributed by atoms with van der Waals surface area (Å²) in [4.78, 5) is 42.5. The summed E-state index contributed by atoms with van der Waals surface area (Å²) in [5.41, 5.74) is 2.08. The molecule has 1 aromatic carbocycles. The Bertz CT molecular complexity index is 1070. The van der Waals surface area contributed by atoms with E-state index in [1.54, 1.807) is 47.6 Å². The summed E-state index contributed by atoms with van der Waals surface area (Å²) in [5, 5.41) is 4.85. The summed E-state index contributed by atoms with van der Waals surface area (Å²) in [6, 6.07) is 9.81. The number of hydrogen-bond donors (Lipinski definition) is 0. The van der Waals surface area contributed by atoms with Crippen LogP contribution in [-0.2, 0) is 11.9 Å². The molecular weight excluding hydrogens is 348 g/mol. The van der Waals surface area contributed by atoms with Crippen LogP contribution < -0.4 is 0 Å². The number of nitrogens with zero attached hydrogens (tertiary/aromatic N) is 4. The van der Waals surface area contributed by atoms with Crippen LogP contribution in [0.1, 0.15) is 42.5 Å². The number of hydroxylamine groups is 2. The zero-order chi connectivity index (χ0) is 19.3. The Hall–Kier alpha value is -3.68. The van der Waals surface area contributed by atoms with Crippen LogP contribution in [0.25, 0.3) is 5.82 Å². The van der Waals surface area contributed by atoms with Crippen molar-refractivity contribution < 1.29 is 19.2 Å². The maximum absolute atomic E-state index is 12.7. The zero-order valence-corrected chi connectivity index (χ0v) is 15.0. The van der Waals surface area contributed by atoms with Gasteiger partial charge in [0.2, 0.25) is 0 Å². The van der Waals surface area contributed by atoms with E-state index in [9.17, 15) is 14.4 Å². The van der Waals surface area contributed by atoms with E-state index in [-0.39, 0.29) is 16.7 Å². The van der Waals surface area contributed by atoms with Gasteiger partial charge in [-0.05, 0) is 32.0 Å². The largest absolute Gasteiger partial charge is 0.365 e. The topological polar surface area (TPSA) is 86.4 Å². The Labute approximate surface area is 154 Å².